The Morgan fingerprint density at radius 3 is 2.62 bits per heavy atom. The van der Waals surface area contributed by atoms with Crippen LogP contribution in [0.25, 0.3) is 10.8 Å². The lowest BCUT2D eigenvalue weighted by Gasteiger charge is -2.07. The van der Waals surface area contributed by atoms with E-state index in [0.717, 1.165) is 16.3 Å². The molecule has 0 aromatic heterocycles. The van der Waals surface area contributed by atoms with Crippen LogP contribution in [0.2, 0.25) is 0 Å². The zero-order valence-electron chi connectivity index (χ0n) is 13.6. The van der Waals surface area contributed by atoms with Gasteiger partial charge in [0.2, 0.25) is 6.79 Å². The number of fused-ring (bicyclic) bond motifs is 2. The molecule has 7 heteroatoms. The molecular weight excluding hydrogens is 354 g/mol. The van der Waals surface area contributed by atoms with Gasteiger partial charge in [0.15, 0.2) is 11.5 Å². The van der Waals surface area contributed by atoms with E-state index in [2.05, 4.69) is 10.4 Å². The van der Waals surface area contributed by atoms with Gasteiger partial charge in [-0.2, -0.15) is 5.10 Å². The van der Waals surface area contributed by atoms with Gasteiger partial charge in [-0.1, -0.05) is 18.2 Å². The van der Waals surface area contributed by atoms with Crippen molar-refractivity contribution in [2.45, 2.75) is 0 Å². The van der Waals surface area contributed by atoms with Crippen LogP contribution >= 0.6 is 12.4 Å². The lowest BCUT2D eigenvalue weighted by molar-refractivity contribution is 0.102. The number of hydrogen-bond acceptors (Lipinski definition) is 5. The van der Waals surface area contributed by atoms with Crippen LogP contribution in [0.3, 0.4) is 0 Å². The summed E-state index contributed by atoms with van der Waals surface area (Å²) in [7, 11) is 0. The number of nitrogens with one attached hydrogen (secondary N) is 1. The van der Waals surface area contributed by atoms with Crippen LogP contribution in [0.5, 0.6) is 11.5 Å². The molecule has 1 heterocycles. The Hall–Kier alpha value is -3.25. The number of carbonyl (C=O) groups excluding carboxylic acids is 1. The van der Waals surface area contributed by atoms with Gasteiger partial charge in [-0.05, 0) is 46.7 Å². The van der Waals surface area contributed by atoms with Gasteiger partial charge in [0.1, 0.15) is 0 Å². The van der Waals surface area contributed by atoms with Gasteiger partial charge in [0.25, 0.3) is 5.91 Å². The van der Waals surface area contributed by atoms with Crippen molar-refractivity contribution >= 4 is 41.0 Å². The fourth-order valence-corrected chi connectivity index (χ4v) is 2.75. The van der Waals surface area contributed by atoms with Crippen molar-refractivity contribution in [3.8, 4) is 11.5 Å². The van der Waals surface area contributed by atoms with Crippen LogP contribution in [-0.4, -0.2) is 18.9 Å². The number of benzene rings is 3. The number of hydrazone groups is 1. The van der Waals surface area contributed by atoms with E-state index in [-0.39, 0.29) is 25.1 Å². The third-order valence-electron chi connectivity index (χ3n) is 3.98. The Morgan fingerprint density at radius 1 is 1.00 bits per heavy atom. The summed E-state index contributed by atoms with van der Waals surface area (Å²) in [6.07, 6.45) is 1.58. The number of anilines is 1. The molecule has 3 N–H and O–H groups in total. The van der Waals surface area contributed by atoms with Crippen molar-refractivity contribution in [2.24, 2.45) is 10.9 Å². The number of carbonyl (C=O) groups is 1. The summed E-state index contributed by atoms with van der Waals surface area (Å²) in [6, 6.07) is 16.6. The van der Waals surface area contributed by atoms with Crippen LogP contribution in [0.1, 0.15) is 15.9 Å². The summed E-state index contributed by atoms with van der Waals surface area (Å²) in [6.45, 7) is 0.203. The number of amides is 1. The second kappa shape index (κ2) is 7.33. The van der Waals surface area contributed by atoms with Gasteiger partial charge in [-0.25, -0.2) is 0 Å². The predicted octanol–water partition coefficient (Wildman–Crippen LogP) is 3.54. The van der Waals surface area contributed by atoms with Gasteiger partial charge in [-0.3, -0.25) is 4.79 Å². The Balaban J connectivity index is 0.00000196. The minimum atomic E-state index is -0.187. The van der Waals surface area contributed by atoms with E-state index in [9.17, 15) is 4.79 Å². The maximum Gasteiger partial charge on any atom is 0.255 e. The summed E-state index contributed by atoms with van der Waals surface area (Å²) in [5, 5.41) is 8.37. The first-order chi connectivity index (χ1) is 12.2. The molecule has 6 nitrogen and oxygen atoms in total. The lowest BCUT2D eigenvalue weighted by atomic mass is 10.0. The molecule has 0 saturated carbocycles. The zero-order valence-corrected chi connectivity index (χ0v) is 14.5. The van der Waals surface area contributed by atoms with Crippen molar-refractivity contribution in [2.75, 3.05) is 12.1 Å². The summed E-state index contributed by atoms with van der Waals surface area (Å²) in [5.74, 6) is 6.30. The molecule has 0 radical (unpaired) electrons. The smallest absolute Gasteiger partial charge is 0.255 e. The molecule has 4 rings (SSSR count). The number of rotatable bonds is 3. The Morgan fingerprint density at radius 2 is 1.77 bits per heavy atom. The number of halogens is 1. The average molecular weight is 370 g/mol. The number of nitrogens with zero attached hydrogens (tertiary/aromatic N) is 1. The number of ether oxygens (including phenoxy) is 2. The third kappa shape index (κ3) is 3.41. The molecule has 0 saturated heterocycles. The Bertz CT molecular complexity index is 1000. The van der Waals surface area contributed by atoms with E-state index in [1.165, 1.54) is 0 Å². The van der Waals surface area contributed by atoms with Gasteiger partial charge in [0.05, 0.1) is 6.21 Å². The van der Waals surface area contributed by atoms with Gasteiger partial charge in [-0.15, -0.1) is 12.4 Å². The summed E-state index contributed by atoms with van der Waals surface area (Å²) in [4.78, 5) is 12.5. The Kier molecular flexibility index (Phi) is 4.95. The largest absolute Gasteiger partial charge is 0.454 e. The summed E-state index contributed by atoms with van der Waals surface area (Å²) >= 11 is 0. The molecule has 3 aromatic rings. The first kappa shape index (κ1) is 17.6. The highest BCUT2D eigenvalue weighted by molar-refractivity contribution is 6.06. The standard InChI is InChI=1S/C19H15N3O3.ClH/c20-21-10-12-1-2-14-8-15(4-3-13(14)7-12)19(23)22-16-5-6-17-18(9-16)25-11-24-17;/h1-10H,11,20H2,(H,22,23);1H. The molecule has 0 atom stereocenters. The minimum absolute atomic E-state index is 0. The fraction of sp³-hybridized carbons (Fsp3) is 0.0526. The molecule has 1 aliphatic heterocycles. The van der Waals surface area contributed by atoms with E-state index >= 15 is 0 Å². The van der Waals surface area contributed by atoms with E-state index < -0.39 is 0 Å². The molecule has 0 spiro atoms. The van der Waals surface area contributed by atoms with Crippen LogP contribution in [0.15, 0.2) is 59.7 Å². The van der Waals surface area contributed by atoms with Crippen LogP contribution < -0.4 is 20.6 Å². The van der Waals surface area contributed by atoms with E-state index in [1.54, 1.807) is 30.5 Å². The van der Waals surface area contributed by atoms with Crippen molar-refractivity contribution in [1.29, 1.82) is 0 Å². The maximum absolute atomic E-state index is 12.5. The quantitative estimate of drug-likeness (QED) is 0.420. The molecule has 0 unspecified atom stereocenters. The second-order valence-corrected chi connectivity index (χ2v) is 5.62. The maximum atomic E-state index is 12.5. The highest BCUT2D eigenvalue weighted by Crippen LogP contribution is 2.34. The Labute approximate surface area is 156 Å². The van der Waals surface area contributed by atoms with E-state index in [1.807, 2.05) is 30.3 Å². The zero-order chi connectivity index (χ0) is 17.2. The first-order valence-corrected chi connectivity index (χ1v) is 7.71. The molecule has 1 aliphatic rings. The summed E-state index contributed by atoms with van der Waals surface area (Å²) in [5.41, 5.74) is 2.14. The monoisotopic (exact) mass is 369 g/mol. The highest BCUT2D eigenvalue weighted by Gasteiger charge is 2.14. The molecule has 1 amide bonds. The van der Waals surface area contributed by atoms with Gasteiger partial charge >= 0.3 is 0 Å². The molecule has 132 valence electrons. The normalized spacial score (nSPS) is 12.2. The third-order valence-corrected chi connectivity index (χ3v) is 3.98. The topological polar surface area (TPSA) is 85.9 Å². The van der Waals surface area contributed by atoms with Gasteiger partial charge in [0, 0.05) is 17.3 Å². The molecule has 3 aromatic carbocycles. The molecule has 0 bridgehead atoms. The van der Waals surface area contributed by atoms with Crippen LogP contribution in [0.4, 0.5) is 5.69 Å². The average Bonchev–Trinajstić information content (AvgIpc) is 3.09. The number of hydrogen-bond donors (Lipinski definition) is 2. The van der Waals surface area contributed by atoms with Crippen LogP contribution in [0, 0.1) is 0 Å². The molecule has 26 heavy (non-hydrogen) atoms. The lowest BCUT2D eigenvalue weighted by Crippen LogP contribution is -2.11. The molecule has 0 aliphatic carbocycles. The highest BCUT2D eigenvalue weighted by atomic mass is 35.5. The van der Waals surface area contributed by atoms with Crippen LogP contribution in [-0.2, 0) is 0 Å². The van der Waals surface area contributed by atoms with E-state index in [4.69, 9.17) is 15.3 Å². The first-order valence-electron chi connectivity index (χ1n) is 7.71. The predicted molar refractivity (Wildman–Crippen MR) is 103 cm³/mol. The SMILES string of the molecule is Cl.NN=Cc1ccc2cc(C(=O)Nc3ccc4c(c3)OCO4)ccc2c1. The molecular formula is C19H16ClN3O3. The second-order valence-electron chi connectivity index (χ2n) is 5.62. The summed E-state index contributed by atoms with van der Waals surface area (Å²) < 4.78 is 10.6. The van der Waals surface area contributed by atoms with E-state index in [0.29, 0.717) is 22.7 Å². The number of nitrogens with two attached hydrogens (primary N) is 1. The molecule has 0 fully saturated rings. The fourth-order valence-electron chi connectivity index (χ4n) is 2.75. The minimum Gasteiger partial charge on any atom is -0.454 e. The van der Waals surface area contributed by atoms with Crippen molar-refractivity contribution in [1.82, 2.24) is 0 Å². The van der Waals surface area contributed by atoms with Crippen molar-refractivity contribution in [3.05, 3.63) is 65.7 Å². The van der Waals surface area contributed by atoms with Gasteiger partial charge < -0.3 is 20.6 Å². The van der Waals surface area contributed by atoms with Crippen molar-refractivity contribution < 1.29 is 14.3 Å². The van der Waals surface area contributed by atoms with Crippen molar-refractivity contribution in [3.63, 3.8) is 0 Å².